The summed E-state index contributed by atoms with van der Waals surface area (Å²) in [6, 6.07) is 0. The van der Waals surface area contributed by atoms with Gasteiger partial charge in [0.2, 0.25) is 0 Å². The van der Waals surface area contributed by atoms with Gasteiger partial charge < -0.3 is 4.98 Å². The number of hydrogen-bond donors (Lipinski definition) is 1. The molecule has 0 saturated carbocycles. The fraction of sp³-hybridized carbons (Fsp3) is 0.526. The van der Waals surface area contributed by atoms with Crippen LogP contribution in [0.1, 0.15) is 79.4 Å². The molecule has 3 heterocycles. The molecule has 0 radical (unpaired) electrons. The molecule has 3 unspecified atom stereocenters. The zero-order valence-corrected chi connectivity index (χ0v) is 16.7. The first-order valence-electron chi connectivity index (χ1n) is 8.92. The molecule has 0 aromatic carbocycles. The number of aromatic nitrogens is 4. The van der Waals surface area contributed by atoms with Crippen LogP contribution in [0.5, 0.6) is 0 Å². The van der Waals surface area contributed by atoms with Crippen LogP contribution in [0.3, 0.4) is 0 Å². The Balaban J connectivity index is 1.61. The number of aryl methyl sites for hydroxylation is 1. The zero-order chi connectivity index (χ0) is 17.6. The number of thiazole rings is 2. The molecular weight excluding hydrogens is 348 g/mol. The highest BCUT2D eigenvalue weighted by Gasteiger charge is 2.19. The maximum atomic E-state index is 4.78. The summed E-state index contributed by atoms with van der Waals surface area (Å²) in [4.78, 5) is 16.6. The first-order chi connectivity index (χ1) is 12.1. The minimum Gasteiger partial charge on any atom is -0.348 e. The van der Waals surface area contributed by atoms with E-state index in [-0.39, 0.29) is 0 Å². The number of aromatic amines is 1. The van der Waals surface area contributed by atoms with Gasteiger partial charge in [0.1, 0.15) is 0 Å². The molecule has 0 aliphatic carbocycles. The zero-order valence-electron chi connectivity index (χ0n) is 15.1. The summed E-state index contributed by atoms with van der Waals surface area (Å²) in [6.07, 6.45) is 8.34. The predicted octanol–water partition coefficient (Wildman–Crippen LogP) is 5.88. The Morgan fingerprint density at radius 2 is 1.84 bits per heavy atom. The van der Waals surface area contributed by atoms with Gasteiger partial charge in [-0.2, -0.15) is 0 Å². The molecule has 3 atom stereocenters. The smallest absolute Gasteiger partial charge is 0.0921 e. The Labute approximate surface area is 157 Å². The highest BCUT2D eigenvalue weighted by molar-refractivity contribution is 7.09. The molecule has 0 aliphatic heterocycles. The predicted molar refractivity (Wildman–Crippen MR) is 106 cm³/mol. The standard InChI is InChI=1S/C19H26N4S2/c1-13(17-8-20-11-21-17)4-6-16(19-10-25-15(3)23-19)7-5-14(2)18-9-24-12-22-18/h8-14,16H,4-7H2,1-3H3,(H,20,21). The third kappa shape index (κ3) is 4.98. The van der Waals surface area contributed by atoms with E-state index in [1.807, 2.05) is 11.7 Å². The second-order valence-electron chi connectivity index (χ2n) is 6.87. The van der Waals surface area contributed by atoms with Gasteiger partial charge >= 0.3 is 0 Å². The van der Waals surface area contributed by atoms with Gasteiger partial charge in [0.15, 0.2) is 0 Å². The average molecular weight is 375 g/mol. The van der Waals surface area contributed by atoms with Gasteiger partial charge in [-0.05, 0) is 44.4 Å². The molecule has 3 aromatic rings. The molecule has 0 fully saturated rings. The second kappa shape index (κ2) is 8.72. The summed E-state index contributed by atoms with van der Waals surface area (Å²) in [7, 11) is 0. The molecule has 3 aromatic heterocycles. The Morgan fingerprint density at radius 1 is 1.04 bits per heavy atom. The first kappa shape index (κ1) is 18.3. The van der Waals surface area contributed by atoms with Crippen LogP contribution in [-0.2, 0) is 0 Å². The van der Waals surface area contributed by atoms with Crippen LogP contribution in [0.25, 0.3) is 0 Å². The van der Waals surface area contributed by atoms with E-state index in [4.69, 9.17) is 4.98 Å². The van der Waals surface area contributed by atoms with E-state index < -0.39 is 0 Å². The van der Waals surface area contributed by atoms with Gasteiger partial charge in [-0.15, -0.1) is 22.7 Å². The maximum Gasteiger partial charge on any atom is 0.0921 e. The van der Waals surface area contributed by atoms with Gasteiger partial charge in [0.25, 0.3) is 0 Å². The topological polar surface area (TPSA) is 54.5 Å². The van der Waals surface area contributed by atoms with Crippen molar-refractivity contribution in [1.29, 1.82) is 0 Å². The van der Waals surface area contributed by atoms with E-state index in [1.165, 1.54) is 17.1 Å². The number of imidazole rings is 1. The lowest BCUT2D eigenvalue weighted by Crippen LogP contribution is -2.05. The summed E-state index contributed by atoms with van der Waals surface area (Å²) < 4.78 is 0. The van der Waals surface area contributed by atoms with Gasteiger partial charge in [0, 0.05) is 28.6 Å². The van der Waals surface area contributed by atoms with Crippen molar-refractivity contribution in [2.24, 2.45) is 0 Å². The molecule has 0 amide bonds. The fourth-order valence-corrected chi connectivity index (χ4v) is 4.59. The van der Waals surface area contributed by atoms with Gasteiger partial charge in [-0.3, -0.25) is 0 Å². The summed E-state index contributed by atoms with van der Waals surface area (Å²) >= 11 is 3.44. The van der Waals surface area contributed by atoms with Crippen molar-refractivity contribution >= 4 is 22.7 Å². The first-order valence-corrected chi connectivity index (χ1v) is 10.7. The molecule has 0 bridgehead atoms. The van der Waals surface area contributed by atoms with E-state index in [1.54, 1.807) is 29.0 Å². The third-order valence-corrected chi connectivity index (χ3v) is 6.35. The quantitative estimate of drug-likeness (QED) is 0.508. The Kier molecular flexibility index (Phi) is 6.37. The Bertz CT molecular complexity index is 689. The van der Waals surface area contributed by atoms with Crippen molar-refractivity contribution < 1.29 is 0 Å². The number of H-pyrrole nitrogens is 1. The van der Waals surface area contributed by atoms with Gasteiger partial charge in [0.05, 0.1) is 28.2 Å². The molecule has 4 nitrogen and oxygen atoms in total. The van der Waals surface area contributed by atoms with E-state index in [0.29, 0.717) is 17.8 Å². The number of hydrogen-bond acceptors (Lipinski definition) is 5. The lowest BCUT2D eigenvalue weighted by Gasteiger charge is -2.19. The van der Waals surface area contributed by atoms with Crippen LogP contribution in [0.4, 0.5) is 0 Å². The minimum absolute atomic E-state index is 0.501. The van der Waals surface area contributed by atoms with Crippen LogP contribution >= 0.6 is 22.7 Å². The van der Waals surface area contributed by atoms with Crippen molar-refractivity contribution in [1.82, 2.24) is 19.9 Å². The van der Waals surface area contributed by atoms with Crippen LogP contribution < -0.4 is 0 Å². The van der Waals surface area contributed by atoms with Crippen molar-refractivity contribution in [2.45, 2.75) is 64.2 Å². The summed E-state index contributed by atoms with van der Waals surface area (Å²) in [6.45, 7) is 6.65. The van der Waals surface area contributed by atoms with E-state index in [2.05, 4.69) is 46.5 Å². The summed E-state index contributed by atoms with van der Waals surface area (Å²) in [5.41, 5.74) is 5.65. The normalized spacial score (nSPS) is 15.2. The monoisotopic (exact) mass is 374 g/mol. The Hall–Kier alpha value is -1.53. The highest BCUT2D eigenvalue weighted by atomic mass is 32.1. The van der Waals surface area contributed by atoms with Crippen LogP contribution in [0.2, 0.25) is 0 Å². The average Bonchev–Trinajstić information content (AvgIpc) is 3.36. The van der Waals surface area contributed by atoms with Crippen LogP contribution in [-0.4, -0.2) is 19.9 Å². The molecule has 1 N–H and O–H groups in total. The molecule has 134 valence electrons. The molecule has 25 heavy (non-hydrogen) atoms. The van der Waals surface area contributed by atoms with Crippen molar-refractivity contribution in [3.63, 3.8) is 0 Å². The lowest BCUT2D eigenvalue weighted by molar-refractivity contribution is 0.475. The summed E-state index contributed by atoms with van der Waals surface area (Å²) in [5, 5.41) is 5.58. The van der Waals surface area contributed by atoms with Gasteiger partial charge in [-0.1, -0.05) is 13.8 Å². The number of nitrogens with zero attached hydrogens (tertiary/aromatic N) is 3. The van der Waals surface area contributed by atoms with Crippen LogP contribution in [0.15, 0.2) is 28.8 Å². The van der Waals surface area contributed by atoms with Crippen molar-refractivity contribution in [2.75, 3.05) is 0 Å². The summed E-state index contributed by atoms with van der Waals surface area (Å²) in [5.74, 6) is 1.54. The molecular formula is C19H26N4S2. The fourth-order valence-electron chi connectivity index (χ4n) is 3.21. The highest BCUT2D eigenvalue weighted by Crippen LogP contribution is 2.33. The van der Waals surface area contributed by atoms with Gasteiger partial charge in [-0.25, -0.2) is 15.0 Å². The second-order valence-corrected chi connectivity index (χ2v) is 8.65. The Morgan fingerprint density at radius 3 is 2.44 bits per heavy atom. The largest absolute Gasteiger partial charge is 0.348 e. The van der Waals surface area contributed by atoms with Crippen LogP contribution in [0, 0.1) is 6.92 Å². The number of nitrogens with one attached hydrogen (secondary N) is 1. The van der Waals surface area contributed by atoms with Crippen molar-refractivity contribution in [3.8, 4) is 0 Å². The maximum absolute atomic E-state index is 4.78. The lowest BCUT2D eigenvalue weighted by atomic mass is 9.87. The van der Waals surface area contributed by atoms with E-state index in [9.17, 15) is 0 Å². The molecule has 0 saturated heterocycles. The third-order valence-electron chi connectivity index (χ3n) is 4.96. The molecule has 3 rings (SSSR count). The molecule has 0 spiro atoms. The number of rotatable bonds is 9. The molecule has 6 heteroatoms. The minimum atomic E-state index is 0.501. The van der Waals surface area contributed by atoms with E-state index in [0.717, 1.165) is 30.7 Å². The van der Waals surface area contributed by atoms with Crippen molar-refractivity contribution in [3.05, 3.63) is 50.9 Å². The SMILES string of the molecule is Cc1nc(C(CCC(C)c2cscn2)CCC(C)c2cnc[nH]2)cs1. The molecule has 0 aliphatic rings. The van der Waals surface area contributed by atoms with E-state index >= 15 is 0 Å².